The normalized spacial score (nSPS) is 10.1. The number of nitrogens with one attached hydrogen (secondary N) is 1. The number of aromatic amines is 1. The maximum Gasteiger partial charge on any atom is 0.339 e. The number of hydrogen-bond acceptors (Lipinski definition) is 3. The maximum absolute atomic E-state index is 10.9. The van der Waals surface area contributed by atoms with E-state index in [0.717, 1.165) is 6.42 Å². The van der Waals surface area contributed by atoms with Crippen molar-refractivity contribution in [1.29, 1.82) is 0 Å². The average Bonchev–Trinajstić information content (AvgIpc) is 2.01. The second-order valence-electron chi connectivity index (χ2n) is 3.04. The average molecular weight is 212 g/mol. The van der Waals surface area contributed by atoms with Crippen molar-refractivity contribution in [3.05, 3.63) is 21.7 Å². The number of aromatic nitrogens is 2. The van der Waals surface area contributed by atoms with Crippen LogP contribution in [-0.2, 0) is 6.42 Å². The minimum absolute atomic E-state index is 0.250. The zero-order valence-electron chi connectivity index (χ0n) is 8.13. The highest BCUT2D eigenvalue weighted by atomic mass is 32.1. The molecule has 4 nitrogen and oxygen atoms in total. The molecule has 0 atom stereocenters. The second-order valence-corrected chi connectivity index (χ2v) is 3.43. The summed E-state index contributed by atoms with van der Waals surface area (Å²) in [6.07, 6.45) is 1.49. The van der Waals surface area contributed by atoms with Gasteiger partial charge < -0.3 is 10.1 Å². The molecule has 0 amide bonds. The van der Waals surface area contributed by atoms with E-state index < -0.39 is 5.97 Å². The fraction of sp³-hybridized carbons (Fsp3) is 0.444. The Morgan fingerprint density at radius 2 is 2.29 bits per heavy atom. The van der Waals surface area contributed by atoms with Gasteiger partial charge in [-0.1, -0.05) is 13.3 Å². The molecule has 0 radical (unpaired) electrons. The molecule has 0 fully saturated rings. The molecule has 0 unspecified atom stereocenters. The SMILES string of the molecule is CCCc1nc(=S)[nH]c(C)c1C(=O)O. The molecule has 2 N–H and O–H groups in total. The van der Waals surface area contributed by atoms with Crippen molar-refractivity contribution < 1.29 is 9.90 Å². The van der Waals surface area contributed by atoms with E-state index in [4.69, 9.17) is 17.3 Å². The Balaban J connectivity index is 3.36. The van der Waals surface area contributed by atoms with Crippen molar-refractivity contribution in [3.8, 4) is 0 Å². The molecule has 0 aliphatic rings. The number of aromatic carboxylic acids is 1. The number of carboxylic acids is 1. The van der Waals surface area contributed by atoms with E-state index in [1.165, 1.54) is 0 Å². The standard InChI is InChI=1S/C9H12N2O2S/c1-3-4-6-7(8(12)13)5(2)10-9(14)11-6/h3-4H2,1-2H3,(H,12,13)(H,10,11,14). The Morgan fingerprint density at radius 3 is 2.79 bits per heavy atom. The third kappa shape index (κ3) is 2.17. The highest BCUT2D eigenvalue weighted by Gasteiger charge is 2.14. The Labute approximate surface area is 87.0 Å². The molecule has 0 aliphatic carbocycles. The van der Waals surface area contributed by atoms with Crippen LogP contribution >= 0.6 is 12.2 Å². The summed E-state index contributed by atoms with van der Waals surface area (Å²) < 4.78 is 0.343. The van der Waals surface area contributed by atoms with Gasteiger partial charge in [0.2, 0.25) is 0 Å². The van der Waals surface area contributed by atoms with Gasteiger partial charge in [0, 0.05) is 5.69 Å². The topological polar surface area (TPSA) is 66.0 Å². The summed E-state index contributed by atoms with van der Waals surface area (Å²) in [4.78, 5) is 17.7. The summed E-state index contributed by atoms with van der Waals surface area (Å²) >= 11 is 4.89. The van der Waals surface area contributed by atoms with Crippen molar-refractivity contribution in [2.45, 2.75) is 26.7 Å². The number of carbonyl (C=O) groups is 1. The summed E-state index contributed by atoms with van der Waals surface area (Å²) in [5.41, 5.74) is 1.39. The highest BCUT2D eigenvalue weighted by Crippen LogP contribution is 2.11. The van der Waals surface area contributed by atoms with Gasteiger partial charge in [-0.2, -0.15) is 0 Å². The zero-order valence-corrected chi connectivity index (χ0v) is 8.94. The van der Waals surface area contributed by atoms with E-state index in [1.807, 2.05) is 6.92 Å². The van der Waals surface area contributed by atoms with E-state index in [0.29, 0.717) is 22.6 Å². The van der Waals surface area contributed by atoms with E-state index in [2.05, 4.69) is 9.97 Å². The van der Waals surface area contributed by atoms with Crippen molar-refractivity contribution in [3.63, 3.8) is 0 Å². The van der Waals surface area contributed by atoms with Crippen LogP contribution in [0.25, 0.3) is 0 Å². The van der Waals surface area contributed by atoms with Crippen LogP contribution in [0.15, 0.2) is 0 Å². The first-order chi connectivity index (χ1) is 6.56. The Hall–Kier alpha value is -1.23. The molecule has 0 aromatic carbocycles. The summed E-state index contributed by atoms with van der Waals surface area (Å²) in [5, 5.41) is 8.97. The lowest BCUT2D eigenvalue weighted by Crippen LogP contribution is -2.09. The molecule has 0 saturated heterocycles. The third-order valence-electron chi connectivity index (χ3n) is 1.90. The second kappa shape index (κ2) is 4.32. The molecule has 14 heavy (non-hydrogen) atoms. The quantitative estimate of drug-likeness (QED) is 0.753. The molecular weight excluding hydrogens is 200 g/mol. The summed E-state index contributed by atoms with van der Waals surface area (Å²) in [6.45, 7) is 3.67. The van der Waals surface area contributed by atoms with E-state index in [-0.39, 0.29) is 5.56 Å². The lowest BCUT2D eigenvalue weighted by Gasteiger charge is -2.06. The lowest BCUT2D eigenvalue weighted by molar-refractivity contribution is 0.0693. The fourth-order valence-electron chi connectivity index (χ4n) is 1.35. The third-order valence-corrected chi connectivity index (χ3v) is 2.09. The van der Waals surface area contributed by atoms with Crippen LogP contribution in [-0.4, -0.2) is 21.0 Å². The smallest absolute Gasteiger partial charge is 0.339 e. The van der Waals surface area contributed by atoms with Gasteiger partial charge in [-0.3, -0.25) is 0 Å². The summed E-state index contributed by atoms with van der Waals surface area (Å²) in [5.74, 6) is -0.954. The largest absolute Gasteiger partial charge is 0.478 e. The highest BCUT2D eigenvalue weighted by molar-refractivity contribution is 7.71. The monoisotopic (exact) mass is 212 g/mol. The Morgan fingerprint density at radius 1 is 1.64 bits per heavy atom. The van der Waals surface area contributed by atoms with E-state index in [9.17, 15) is 4.79 Å². The predicted octanol–water partition coefficient (Wildman–Crippen LogP) is 2.10. The van der Waals surface area contributed by atoms with Gasteiger partial charge in [0.05, 0.1) is 5.69 Å². The Bertz CT molecular complexity index is 412. The van der Waals surface area contributed by atoms with Crippen LogP contribution in [0, 0.1) is 11.7 Å². The molecule has 0 saturated carbocycles. The molecular formula is C9H12N2O2S. The molecule has 1 aromatic rings. The van der Waals surface area contributed by atoms with Gasteiger partial charge in [-0.15, -0.1) is 0 Å². The van der Waals surface area contributed by atoms with Crippen molar-refractivity contribution in [1.82, 2.24) is 9.97 Å². The molecule has 0 aliphatic heterocycles. The minimum atomic E-state index is -0.954. The van der Waals surface area contributed by atoms with Crippen LogP contribution in [0.4, 0.5) is 0 Å². The van der Waals surface area contributed by atoms with E-state index in [1.54, 1.807) is 6.92 Å². The molecule has 76 valence electrons. The van der Waals surface area contributed by atoms with Crippen molar-refractivity contribution in [2.24, 2.45) is 0 Å². The van der Waals surface area contributed by atoms with Crippen LogP contribution in [0.1, 0.15) is 35.1 Å². The van der Waals surface area contributed by atoms with Crippen molar-refractivity contribution >= 4 is 18.2 Å². The van der Waals surface area contributed by atoms with Gasteiger partial charge in [0.25, 0.3) is 0 Å². The maximum atomic E-state index is 10.9. The van der Waals surface area contributed by atoms with Gasteiger partial charge in [-0.05, 0) is 25.6 Å². The zero-order chi connectivity index (χ0) is 10.7. The summed E-state index contributed by atoms with van der Waals surface area (Å²) in [7, 11) is 0. The first kappa shape index (κ1) is 10.8. The van der Waals surface area contributed by atoms with Gasteiger partial charge in [0.1, 0.15) is 5.56 Å². The molecule has 1 heterocycles. The number of hydrogen-bond donors (Lipinski definition) is 2. The van der Waals surface area contributed by atoms with Crippen LogP contribution in [0.2, 0.25) is 0 Å². The van der Waals surface area contributed by atoms with Crippen LogP contribution in [0.3, 0.4) is 0 Å². The lowest BCUT2D eigenvalue weighted by atomic mass is 10.1. The number of aryl methyl sites for hydroxylation is 2. The van der Waals surface area contributed by atoms with Gasteiger partial charge in [0.15, 0.2) is 4.77 Å². The van der Waals surface area contributed by atoms with Gasteiger partial charge in [-0.25, -0.2) is 9.78 Å². The number of nitrogens with zero attached hydrogens (tertiary/aromatic N) is 1. The Kier molecular flexibility index (Phi) is 3.35. The summed E-state index contributed by atoms with van der Waals surface area (Å²) in [6, 6.07) is 0. The molecule has 0 bridgehead atoms. The molecule has 5 heteroatoms. The number of carboxylic acid groups (broad SMARTS) is 1. The number of rotatable bonds is 3. The van der Waals surface area contributed by atoms with Gasteiger partial charge >= 0.3 is 5.97 Å². The fourth-order valence-corrected chi connectivity index (χ4v) is 1.61. The minimum Gasteiger partial charge on any atom is -0.478 e. The predicted molar refractivity (Wildman–Crippen MR) is 55.1 cm³/mol. The van der Waals surface area contributed by atoms with Crippen LogP contribution in [0.5, 0.6) is 0 Å². The van der Waals surface area contributed by atoms with Crippen LogP contribution < -0.4 is 0 Å². The first-order valence-electron chi connectivity index (χ1n) is 4.39. The van der Waals surface area contributed by atoms with Crippen molar-refractivity contribution in [2.75, 3.05) is 0 Å². The first-order valence-corrected chi connectivity index (χ1v) is 4.80. The molecule has 0 spiro atoms. The number of H-pyrrole nitrogens is 1. The molecule has 1 aromatic heterocycles. The van der Waals surface area contributed by atoms with E-state index >= 15 is 0 Å². The molecule has 1 rings (SSSR count).